The second kappa shape index (κ2) is 14.9. The minimum atomic E-state index is -3.26. The van der Waals surface area contributed by atoms with Gasteiger partial charge in [0.1, 0.15) is 17.9 Å². The number of halogens is 1. The van der Waals surface area contributed by atoms with Gasteiger partial charge < -0.3 is 15.1 Å². The van der Waals surface area contributed by atoms with E-state index in [1.165, 1.54) is 23.1 Å². The van der Waals surface area contributed by atoms with E-state index in [1.807, 2.05) is 63.2 Å². The number of aromatic carboxylic acids is 1. The maximum absolute atomic E-state index is 14.4. The Hall–Kier alpha value is -4.34. The summed E-state index contributed by atoms with van der Waals surface area (Å²) >= 11 is 6.10. The van der Waals surface area contributed by atoms with Crippen LogP contribution in [0.3, 0.4) is 0 Å². The zero-order chi connectivity index (χ0) is 37.3. The molecule has 0 saturated heterocycles. The van der Waals surface area contributed by atoms with Crippen LogP contribution in [0.1, 0.15) is 96.4 Å². The molecular formula is C40H47ClN2O6S. The highest BCUT2D eigenvalue weighted by molar-refractivity contribution is 7.74. The zero-order valence-electron chi connectivity index (χ0n) is 30.2. The SMILES string of the molecule is Cc1cc(C)c(N(CC(=O)N(Cc2cc(C(C)(C)C)cc(C(C)(C)C)c2)c2ccc(C(=O)O)c(O)c2)[SH](=O)=O)c(C)c1Cc1ccc(Cl)cc1. The number of nitrogens with zero attached hydrogens (tertiary/aromatic N) is 2. The molecular weight excluding hydrogens is 672 g/mol. The van der Waals surface area contributed by atoms with Crippen LogP contribution in [0.2, 0.25) is 5.02 Å². The van der Waals surface area contributed by atoms with Crippen LogP contribution < -0.4 is 9.21 Å². The van der Waals surface area contributed by atoms with Crippen LogP contribution >= 0.6 is 11.6 Å². The molecule has 10 heteroatoms. The number of hydrogen-bond donors (Lipinski definition) is 3. The summed E-state index contributed by atoms with van der Waals surface area (Å²) in [5.74, 6) is -2.37. The van der Waals surface area contributed by atoms with E-state index >= 15 is 0 Å². The van der Waals surface area contributed by atoms with Gasteiger partial charge in [-0.15, -0.1) is 0 Å². The first kappa shape index (κ1) is 38.5. The maximum Gasteiger partial charge on any atom is 0.339 e. The highest BCUT2D eigenvalue weighted by atomic mass is 35.5. The average Bonchev–Trinajstić information content (AvgIpc) is 3.00. The first-order valence-corrected chi connectivity index (χ1v) is 18.0. The Kier molecular flexibility index (Phi) is 11.4. The monoisotopic (exact) mass is 718 g/mol. The number of benzene rings is 4. The number of amides is 1. The van der Waals surface area contributed by atoms with Gasteiger partial charge in [0.15, 0.2) is 0 Å². The number of phenols is 1. The van der Waals surface area contributed by atoms with Crippen molar-refractivity contribution in [3.63, 3.8) is 0 Å². The summed E-state index contributed by atoms with van der Waals surface area (Å²) in [6.07, 6.45) is 0.543. The van der Waals surface area contributed by atoms with Gasteiger partial charge in [-0.25, -0.2) is 13.2 Å². The molecule has 0 aromatic heterocycles. The van der Waals surface area contributed by atoms with E-state index in [2.05, 4.69) is 47.6 Å². The van der Waals surface area contributed by atoms with Gasteiger partial charge in [-0.05, 0) is 107 Å². The van der Waals surface area contributed by atoms with Gasteiger partial charge in [-0.3, -0.25) is 9.10 Å². The Labute approximate surface area is 302 Å². The standard InChI is InChI=1S/C40H47ClN2O6S/c1-24-16-25(2)37(26(3)34(24)19-27-10-12-31(41)13-11-27)43(50(48)49)23-36(45)42(32-14-15-33(38(46)47)35(44)21-32)22-28-17-29(39(4,5)6)20-30(18-28)40(7,8)9/h10-18,20-21,44,50H,19,22-23H2,1-9H3,(H,46,47). The summed E-state index contributed by atoms with van der Waals surface area (Å²) in [6, 6.07) is 19.6. The largest absolute Gasteiger partial charge is 0.507 e. The van der Waals surface area contributed by atoms with Gasteiger partial charge in [-0.1, -0.05) is 89.5 Å². The fourth-order valence-corrected chi connectivity index (χ4v) is 6.98. The van der Waals surface area contributed by atoms with Gasteiger partial charge in [-0.2, -0.15) is 0 Å². The lowest BCUT2D eigenvalue weighted by atomic mass is 9.79. The molecule has 50 heavy (non-hydrogen) atoms. The third-order valence-electron chi connectivity index (χ3n) is 9.01. The highest BCUT2D eigenvalue weighted by Crippen LogP contribution is 2.35. The van der Waals surface area contributed by atoms with Crippen LogP contribution in [0, 0.1) is 20.8 Å². The average molecular weight is 719 g/mol. The molecule has 0 bridgehead atoms. The van der Waals surface area contributed by atoms with Crippen LogP contribution in [0.4, 0.5) is 11.4 Å². The lowest BCUT2D eigenvalue weighted by molar-refractivity contribution is -0.117. The summed E-state index contributed by atoms with van der Waals surface area (Å²) in [5, 5.41) is 20.8. The Morgan fingerprint density at radius 1 is 0.780 bits per heavy atom. The molecule has 0 radical (unpaired) electrons. The zero-order valence-corrected chi connectivity index (χ0v) is 31.9. The van der Waals surface area contributed by atoms with Crippen molar-refractivity contribution in [1.82, 2.24) is 0 Å². The Bertz CT molecular complexity index is 1970. The minimum Gasteiger partial charge on any atom is -0.507 e. The number of carbonyl (C=O) groups excluding carboxylic acids is 1. The molecule has 0 aliphatic carbocycles. The number of carboxylic acids is 1. The van der Waals surface area contributed by atoms with Crippen LogP contribution in [0.5, 0.6) is 5.75 Å². The van der Waals surface area contributed by atoms with Crippen molar-refractivity contribution in [2.75, 3.05) is 15.7 Å². The molecule has 0 unspecified atom stereocenters. The lowest BCUT2D eigenvalue weighted by Crippen LogP contribution is -2.40. The fraction of sp³-hybridized carbons (Fsp3) is 0.350. The second-order valence-corrected chi connectivity index (χ2v) is 16.4. The highest BCUT2D eigenvalue weighted by Gasteiger charge is 2.27. The van der Waals surface area contributed by atoms with Gasteiger partial charge in [0.2, 0.25) is 16.8 Å². The Morgan fingerprint density at radius 3 is 1.86 bits per heavy atom. The Morgan fingerprint density at radius 2 is 1.36 bits per heavy atom. The lowest BCUT2D eigenvalue weighted by Gasteiger charge is -2.30. The summed E-state index contributed by atoms with van der Waals surface area (Å²) in [6.45, 7) is 17.9. The van der Waals surface area contributed by atoms with Crippen molar-refractivity contribution in [3.8, 4) is 5.75 Å². The first-order chi connectivity index (χ1) is 23.2. The smallest absolute Gasteiger partial charge is 0.339 e. The molecule has 0 heterocycles. The van der Waals surface area contributed by atoms with E-state index in [4.69, 9.17) is 11.6 Å². The summed E-state index contributed by atoms with van der Waals surface area (Å²) in [4.78, 5) is 27.5. The van der Waals surface area contributed by atoms with Crippen molar-refractivity contribution in [1.29, 1.82) is 0 Å². The summed E-state index contributed by atoms with van der Waals surface area (Å²) < 4.78 is 27.1. The first-order valence-electron chi connectivity index (χ1n) is 16.4. The molecule has 266 valence electrons. The molecule has 4 aromatic carbocycles. The number of carboxylic acid groups (broad SMARTS) is 1. The molecule has 0 saturated carbocycles. The molecule has 0 fully saturated rings. The van der Waals surface area contributed by atoms with Crippen molar-refractivity contribution in [2.24, 2.45) is 0 Å². The van der Waals surface area contributed by atoms with Crippen molar-refractivity contribution < 1.29 is 28.2 Å². The number of hydrogen-bond acceptors (Lipinski definition) is 5. The molecule has 8 nitrogen and oxygen atoms in total. The van der Waals surface area contributed by atoms with Crippen LogP contribution in [0.15, 0.2) is 66.7 Å². The van der Waals surface area contributed by atoms with Gasteiger partial charge in [0.05, 0.1) is 12.2 Å². The normalized spacial score (nSPS) is 11.9. The quantitative estimate of drug-likeness (QED) is 0.142. The molecule has 0 aliphatic heterocycles. The molecule has 0 aliphatic rings. The van der Waals surface area contributed by atoms with E-state index in [-0.39, 0.29) is 28.6 Å². The third kappa shape index (κ3) is 8.87. The molecule has 0 spiro atoms. The minimum absolute atomic E-state index is 0.0504. The number of anilines is 2. The summed E-state index contributed by atoms with van der Waals surface area (Å²) in [5.41, 5.74) is 7.29. The maximum atomic E-state index is 14.4. The van der Waals surface area contributed by atoms with Gasteiger partial charge >= 0.3 is 5.97 Å². The number of carbonyl (C=O) groups is 2. The summed E-state index contributed by atoms with van der Waals surface area (Å²) in [7, 11) is -3.26. The fourth-order valence-electron chi connectivity index (χ4n) is 6.15. The third-order valence-corrected chi connectivity index (χ3v) is 10.0. The number of aromatic hydroxyl groups is 1. The van der Waals surface area contributed by atoms with E-state index in [9.17, 15) is 28.2 Å². The van der Waals surface area contributed by atoms with Crippen LogP contribution in [-0.4, -0.2) is 37.1 Å². The predicted octanol–water partition coefficient (Wildman–Crippen LogP) is 8.42. The Balaban J connectivity index is 1.83. The molecule has 2 N–H and O–H groups in total. The molecule has 1 amide bonds. The van der Waals surface area contributed by atoms with Gasteiger partial charge in [0.25, 0.3) is 0 Å². The van der Waals surface area contributed by atoms with Gasteiger partial charge in [0, 0.05) is 16.8 Å². The topological polar surface area (TPSA) is 115 Å². The van der Waals surface area contributed by atoms with Crippen molar-refractivity contribution in [2.45, 2.75) is 86.1 Å². The van der Waals surface area contributed by atoms with E-state index < -0.39 is 35.1 Å². The van der Waals surface area contributed by atoms with Crippen LogP contribution in [-0.2, 0) is 39.5 Å². The van der Waals surface area contributed by atoms with Crippen molar-refractivity contribution >= 4 is 45.7 Å². The van der Waals surface area contributed by atoms with E-state index in [0.29, 0.717) is 22.7 Å². The molecule has 0 atom stereocenters. The van der Waals surface area contributed by atoms with Crippen molar-refractivity contribution in [3.05, 3.63) is 122 Å². The number of thiol groups is 1. The van der Waals surface area contributed by atoms with Crippen LogP contribution in [0.25, 0.3) is 0 Å². The number of aryl methyl sites for hydroxylation is 2. The predicted molar refractivity (Wildman–Crippen MR) is 203 cm³/mol. The van der Waals surface area contributed by atoms with E-state index in [0.717, 1.165) is 43.2 Å². The second-order valence-electron chi connectivity index (χ2n) is 15.0. The number of rotatable bonds is 10. The molecule has 4 rings (SSSR count). The van der Waals surface area contributed by atoms with E-state index in [1.54, 1.807) is 0 Å². The molecule has 4 aromatic rings.